The summed E-state index contributed by atoms with van der Waals surface area (Å²) >= 11 is 8.73. The summed E-state index contributed by atoms with van der Waals surface area (Å²) in [6.07, 6.45) is -3.83. The minimum absolute atomic E-state index is 0.0290. The van der Waals surface area contributed by atoms with E-state index in [4.69, 9.17) is 11.6 Å². The van der Waals surface area contributed by atoms with E-state index in [1.54, 1.807) is 0 Å². The Labute approximate surface area is 121 Å². The predicted octanol–water partition coefficient (Wildman–Crippen LogP) is 3.92. The smallest absolute Gasteiger partial charge is 0.337 e. The lowest BCUT2D eigenvalue weighted by atomic mass is 10.1. The molecule has 1 aromatic carbocycles. The minimum Gasteiger partial charge on any atom is -0.337 e. The maximum Gasteiger partial charge on any atom is 0.417 e. The molecule has 0 saturated carbocycles. The molecule has 1 unspecified atom stereocenters. The normalized spacial score (nSPS) is 19.8. The number of hydrogen-bond acceptors (Lipinski definition) is 1. The van der Waals surface area contributed by atoms with E-state index in [1.807, 2.05) is 0 Å². The predicted molar refractivity (Wildman–Crippen MR) is 69.3 cm³/mol. The Morgan fingerprint density at radius 1 is 1.42 bits per heavy atom. The Morgan fingerprint density at radius 3 is 2.63 bits per heavy atom. The van der Waals surface area contributed by atoms with Crippen LogP contribution in [0.15, 0.2) is 22.7 Å². The molecule has 7 heteroatoms. The lowest BCUT2D eigenvalue weighted by Crippen LogP contribution is -2.29. The van der Waals surface area contributed by atoms with E-state index in [-0.39, 0.29) is 15.4 Å². The van der Waals surface area contributed by atoms with Crippen LogP contribution in [-0.2, 0) is 6.18 Å². The highest BCUT2D eigenvalue weighted by molar-refractivity contribution is 9.10. The van der Waals surface area contributed by atoms with Crippen LogP contribution in [0.3, 0.4) is 0 Å². The lowest BCUT2D eigenvalue weighted by molar-refractivity contribution is -0.138. The number of halogens is 5. The summed E-state index contributed by atoms with van der Waals surface area (Å²) < 4.78 is 38.2. The van der Waals surface area contributed by atoms with E-state index in [1.165, 1.54) is 17.0 Å². The molecular formula is C12H10BrClF3NO. The summed E-state index contributed by atoms with van der Waals surface area (Å²) in [6.45, 7) is 0.849. The molecule has 1 aliphatic rings. The zero-order chi connectivity index (χ0) is 14.2. The molecule has 0 aromatic heterocycles. The van der Waals surface area contributed by atoms with Crippen molar-refractivity contribution < 1.29 is 18.0 Å². The molecule has 1 saturated heterocycles. The van der Waals surface area contributed by atoms with Crippen molar-refractivity contribution in [2.45, 2.75) is 18.0 Å². The highest BCUT2D eigenvalue weighted by Crippen LogP contribution is 2.35. The first-order chi connectivity index (χ1) is 8.79. The average molecular weight is 357 g/mol. The third-order valence-corrected chi connectivity index (χ3v) is 3.98. The SMILES string of the molecule is O=C(c1ccc(Br)c(C(F)(F)F)c1)N1CCC(Cl)C1. The van der Waals surface area contributed by atoms with Gasteiger partial charge in [0.25, 0.3) is 5.91 Å². The molecule has 1 aromatic rings. The van der Waals surface area contributed by atoms with Gasteiger partial charge in [-0.25, -0.2) is 0 Å². The molecule has 1 fully saturated rings. The van der Waals surface area contributed by atoms with Crippen LogP contribution in [0.5, 0.6) is 0 Å². The molecule has 2 rings (SSSR count). The Hall–Kier alpha value is -0.750. The van der Waals surface area contributed by atoms with Gasteiger partial charge in [0.1, 0.15) is 0 Å². The van der Waals surface area contributed by atoms with Gasteiger partial charge in [-0.1, -0.05) is 15.9 Å². The molecule has 0 bridgehead atoms. The summed E-state index contributed by atoms with van der Waals surface area (Å²) in [5.41, 5.74) is -0.818. The first-order valence-electron chi connectivity index (χ1n) is 5.59. The fraction of sp³-hybridized carbons (Fsp3) is 0.417. The van der Waals surface area contributed by atoms with E-state index in [2.05, 4.69) is 15.9 Å². The van der Waals surface area contributed by atoms with Crippen LogP contribution in [-0.4, -0.2) is 29.3 Å². The largest absolute Gasteiger partial charge is 0.417 e. The standard InChI is InChI=1S/C12H10BrClF3NO/c13-10-2-1-7(5-9(10)12(15,16)17)11(19)18-4-3-8(14)6-18/h1-2,5,8H,3-4,6H2. The van der Waals surface area contributed by atoms with E-state index in [0.717, 1.165) is 6.07 Å². The summed E-state index contributed by atoms with van der Waals surface area (Å²) in [7, 11) is 0. The van der Waals surface area contributed by atoms with Crippen LogP contribution in [0.2, 0.25) is 0 Å². The molecule has 104 valence electrons. The van der Waals surface area contributed by atoms with Crippen molar-refractivity contribution in [2.24, 2.45) is 0 Å². The second kappa shape index (κ2) is 5.32. The molecule has 0 spiro atoms. The number of nitrogens with zero attached hydrogens (tertiary/aromatic N) is 1. The molecule has 1 atom stereocenters. The Balaban J connectivity index is 2.28. The topological polar surface area (TPSA) is 20.3 Å². The number of alkyl halides is 4. The molecule has 19 heavy (non-hydrogen) atoms. The number of rotatable bonds is 1. The molecule has 1 aliphatic heterocycles. The minimum atomic E-state index is -4.49. The van der Waals surface area contributed by atoms with Gasteiger partial charge >= 0.3 is 6.18 Å². The Morgan fingerprint density at radius 2 is 2.11 bits per heavy atom. The monoisotopic (exact) mass is 355 g/mol. The molecule has 0 radical (unpaired) electrons. The second-order valence-electron chi connectivity index (χ2n) is 4.33. The third kappa shape index (κ3) is 3.23. The van der Waals surface area contributed by atoms with E-state index in [9.17, 15) is 18.0 Å². The fourth-order valence-corrected chi connectivity index (χ4v) is 2.70. The van der Waals surface area contributed by atoms with Crippen molar-refractivity contribution in [2.75, 3.05) is 13.1 Å². The maximum atomic E-state index is 12.8. The van der Waals surface area contributed by atoms with Gasteiger partial charge in [-0.05, 0) is 24.6 Å². The van der Waals surface area contributed by atoms with E-state index in [0.29, 0.717) is 19.5 Å². The fourth-order valence-electron chi connectivity index (χ4n) is 1.96. The maximum absolute atomic E-state index is 12.8. The zero-order valence-electron chi connectivity index (χ0n) is 9.68. The Bertz CT molecular complexity index is 506. The van der Waals surface area contributed by atoms with Crippen LogP contribution in [0.1, 0.15) is 22.3 Å². The van der Waals surface area contributed by atoms with Crippen molar-refractivity contribution >= 4 is 33.4 Å². The molecule has 1 amide bonds. The van der Waals surface area contributed by atoms with Crippen LogP contribution in [0.4, 0.5) is 13.2 Å². The van der Waals surface area contributed by atoms with Crippen LogP contribution < -0.4 is 0 Å². The highest BCUT2D eigenvalue weighted by atomic mass is 79.9. The van der Waals surface area contributed by atoms with Gasteiger partial charge in [-0.15, -0.1) is 11.6 Å². The molecule has 2 nitrogen and oxygen atoms in total. The zero-order valence-corrected chi connectivity index (χ0v) is 12.0. The quantitative estimate of drug-likeness (QED) is 0.699. The van der Waals surface area contributed by atoms with Crippen molar-refractivity contribution in [1.82, 2.24) is 4.90 Å². The first-order valence-corrected chi connectivity index (χ1v) is 6.82. The number of amides is 1. The molecule has 0 N–H and O–H groups in total. The summed E-state index contributed by atoms with van der Waals surface area (Å²) in [5.74, 6) is -0.416. The lowest BCUT2D eigenvalue weighted by Gasteiger charge is -2.17. The summed E-state index contributed by atoms with van der Waals surface area (Å²) in [4.78, 5) is 13.5. The van der Waals surface area contributed by atoms with E-state index >= 15 is 0 Å². The Kier molecular flexibility index (Phi) is 4.11. The van der Waals surface area contributed by atoms with Crippen molar-refractivity contribution in [3.63, 3.8) is 0 Å². The van der Waals surface area contributed by atoms with Crippen molar-refractivity contribution in [1.29, 1.82) is 0 Å². The van der Waals surface area contributed by atoms with Gasteiger partial charge < -0.3 is 4.90 Å². The number of likely N-dealkylation sites (tertiary alicyclic amines) is 1. The summed E-state index contributed by atoms with van der Waals surface area (Å²) in [5, 5.41) is -0.124. The molecular weight excluding hydrogens is 346 g/mol. The highest BCUT2D eigenvalue weighted by Gasteiger charge is 2.34. The van der Waals surface area contributed by atoms with Crippen LogP contribution >= 0.6 is 27.5 Å². The number of carbonyl (C=O) groups is 1. The van der Waals surface area contributed by atoms with Gasteiger partial charge in [0.05, 0.1) is 10.9 Å². The van der Waals surface area contributed by atoms with E-state index < -0.39 is 17.6 Å². The van der Waals surface area contributed by atoms with Crippen LogP contribution in [0, 0.1) is 0 Å². The number of carbonyl (C=O) groups excluding carboxylic acids is 1. The third-order valence-electron chi connectivity index (χ3n) is 2.94. The first kappa shape index (κ1) is 14.7. The van der Waals surface area contributed by atoms with Crippen LogP contribution in [0.25, 0.3) is 0 Å². The number of benzene rings is 1. The van der Waals surface area contributed by atoms with Gasteiger partial charge in [-0.2, -0.15) is 13.2 Å². The molecule has 0 aliphatic carbocycles. The van der Waals surface area contributed by atoms with Crippen molar-refractivity contribution in [3.8, 4) is 0 Å². The van der Waals surface area contributed by atoms with Gasteiger partial charge in [0.15, 0.2) is 0 Å². The number of hydrogen-bond donors (Lipinski definition) is 0. The molecule has 1 heterocycles. The van der Waals surface area contributed by atoms with Gasteiger partial charge in [0, 0.05) is 23.1 Å². The second-order valence-corrected chi connectivity index (χ2v) is 5.80. The van der Waals surface area contributed by atoms with Crippen molar-refractivity contribution in [3.05, 3.63) is 33.8 Å². The van der Waals surface area contributed by atoms with Gasteiger partial charge in [-0.3, -0.25) is 4.79 Å². The average Bonchev–Trinajstić information content (AvgIpc) is 2.74. The summed E-state index contributed by atoms with van der Waals surface area (Å²) in [6, 6.07) is 3.49. The van der Waals surface area contributed by atoms with Gasteiger partial charge in [0.2, 0.25) is 0 Å².